The van der Waals surface area contributed by atoms with Crippen molar-refractivity contribution in [1.29, 1.82) is 0 Å². The molecule has 128 valence electrons. The van der Waals surface area contributed by atoms with E-state index in [2.05, 4.69) is 11.1 Å². The van der Waals surface area contributed by atoms with Crippen LogP contribution in [0.5, 0.6) is 5.75 Å². The van der Waals surface area contributed by atoms with Gasteiger partial charge >= 0.3 is 0 Å². The minimum atomic E-state index is -0.602. The van der Waals surface area contributed by atoms with Crippen molar-refractivity contribution in [2.45, 2.75) is 38.5 Å². The zero-order valence-corrected chi connectivity index (χ0v) is 13.8. The van der Waals surface area contributed by atoms with Crippen LogP contribution in [0.1, 0.15) is 37.7 Å². The standard InChI is InChI=1S/C20H23F2NO/c21-9-10-24-20-12-18(22)7-8-19(20)17-11-16(13-23-14-17)6-5-15-3-1-2-4-15/h7-8,11-15H,1-6,9-10H2. The number of nitrogens with zero attached hydrogens (tertiary/aromatic N) is 1. The summed E-state index contributed by atoms with van der Waals surface area (Å²) in [5.41, 5.74) is 2.81. The number of hydrogen-bond acceptors (Lipinski definition) is 2. The quantitative estimate of drug-likeness (QED) is 0.681. The number of hydrogen-bond donors (Lipinski definition) is 0. The van der Waals surface area contributed by atoms with Gasteiger partial charge in [0.15, 0.2) is 0 Å². The number of aryl methyl sites for hydroxylation is 1. The van der Waals surface area contributed by atoms with Gasteiger partial charge in [0.05, 0.1) is 0 Å². The second kappa shape index (κ2) is 8.22. The third-order valence-corrected chi connectivity index (χ3v) is 4.70. The van der Waals surface area contributed by atoms with Gasteiger partial charge in [-0.05, 0) is 42.5 Å². The second-order valence-corrected chi connectivity index (χ2v) is 6.45. The number of rotatable bonds is 7. The minimum Gasteiger partial charge on any atom is -0.490 e. The summed E-state index contributed by atoms with van der Waals surface area (Å²) < 4.78 is 31.2. The maximum atomic E-state index is 13.5. The van der Waals surface area contributed by atoms with E-state index in [9.17, 15) is 8.78 Å². The van der Waals surface area contributed by atoms with Crippen molar-refractivity contribution in [1.82, 2.24) is 4.98 Å². The fraction of sp³-hybridized carbons (Fsp3) is 0.450. The molecule has 1 aromatic carbocycles. The van der Waals surface area contributed by atoms with E-state index in [0.29, 0.717) is 5.75 Å². The van der Waals surface area contributed by atoms with Crippen molar-refractivity contribution < 1.29 is 13.5 Å². The Morgan fingerprint density at radius 1 is 1.12 bits per heavy atom. The van der Waals surface area contributed by atoms with Crippen molar-refractivity contribution in [3.8, 4) is 16.9 Å². The fourth-order valence-electron chi connectivity index (χ4n) is 3.44. The molecule has 1 aliphatic carbocycles. The zero-order valence-electron chi connectivity index (χ0n) is 13.8. The van der Waals surface area contributed by atoms with Gasteiger partial charge in [0.1, 0.15) is 24.8 Å². The molecule has 0 saturated heterocycles. The molecule has 0 spiro atoms. The summed E-state index contributed by atoms with van der Waals surface area (Å²) in [4.78, 5) is 4.33. The van der Waals surface area contributed by atoms with Gasteiger partial charge in [-0.2, -0.15) is 0 Å². The molecule has 0 aliphatic heterocycles. The lowest BCUT2D eigenvalue weighted by molar-refractivity contribution is 0.273. The molecule has 1 saturated carbocycles. The molecule has 0 radical (unpaired) electrons. The summed E-state index contributed by atoms with van der Waals surface area (Å²) in [6.07, 6.45) is 11.2. The largest absolute Gasteiger partial charge is 0.490 e. The number of alkyl halides is 1. The van der Waals surface area contributed by atoms with Gasteiger partial charge in [0.25, 0.3) is 0 Å². The molecule has 2 nitrogen and oxygen atoms in total. The molecule has 0 amide bonds. The fourth-order valence-corrected chi connectivity index (χ4v) is 3.44. The molecule has 0 unspecified atom stereocenters. The van der Waals surface area contributed by atoms with Gasteiger partial charge in [-0.3, -0.25) is 4.98 Å². The molecule has 1 fully saturated rings. The van der Waals surface area contributed by atoms with Crippen LogP contribution in [0.15, 0.2) is 36.7 Å². The molecular weight excluding hydrogens is 308 g/mol. The number of pyridine rings is 1. The van der Waals surface area contributed by atoms with E-state index < -0.39 is 12.5 Å². The Morgan fingerprint density at radius 3 is 2.75 bits per heavy atom. The lowest BCUT2D eigenvalue weighted by Crippen LogP contribution is -2.01. The molecule has 1 heterocycles. The lowest BCUT2D eigenvalue weighted by Gasteiger charge is -2.12. The topological polar surface area (TPSA) is 22.1 Å². The number of ether oxygens (including phenoxy) is 1. The van der Waals surface area contributed by atoms with E-state index in [1.165, 1.54) is 49.8 Å². The Bertz CT molecular complexity index is 668. The summed E-state index contributed by atoms with van der Waals surface area (Å²) in [6, 6.07) is 6.44. The van der Waals surface area contributed by atoms with Crippen LogP contribution in [-0.4, -0.2) is 18.3 Å². The second-order valence-electron chi connectivity index (χ2n) is 6.45. The molecule has 3 rings (SSSR count). The van der Waals surface area contributed by atoms with Crippen LogP contribution >= 0.6 is 0 Å². The van der Waals surface area contributed by atoms with Crippen LogP contribution < -0.4 is 4.74 Å². The summed E-state index contributed by atoms with van der Waals surface area (Å²) in [6.45, 7) is -0.680. The third-order valence-electron chi connectivity index (χ3n) is 4.70. The summed E-state index contributed by atoms with van der Waals surface area (Å²) in [5.74, 6) is 0.809. The molecule has 24 heavy (non-hydrogen) atoms. The van der Waals surface area contributed by atoms with Crippen molar-refractivity contribution in [3.05, 3.63) is 48.0 Å². The summed E-state index contributed by atoms with van der Waals surface area (Å²) in [7, 11) is 0. The first-order valence-electron chi connectivity index (χ1n) is 8.69. The first-order chi connectivity index (χ1) is 11.8. The SMILES string of the molecule is FCCOc1cc(F)ccc1-c1cncc(CCC2CCCC2)c1. The van der Waals surface area contributed by atoms with E-state index in [1.54, 1.807) is 12.3 Å². The normalized spacial score (nSPS) is 14.9. The summed E-state index contributed by atoms with van der Waals surface area (Å²) in [5, 5.41) is 0. The van der Waals surface area contributed by atoms with Crippen LogP contribution in [0.4, 0.5) is 8.78 Å². The van der Waals surface area contributed by atoms with Gasteiger partial charge in [-0.25, -0.2) is 8.78 Å². The molecule has 0 atom stereocenters. The molecular formula is C20H23F2NO. The predicted molar refractivity (Wildman–Crippen MR) is 91.4 cm³/mol. The third kappa shape index (κ3) is 4.31. The molecule has 2 aromatic rings. The van der Waals surface area contributed by atoms with Crippen LogP contribution in [0.25, 0.3) is 11.1 Å². The Balaban J connectivity index is 1.77. The highest BCUT2D eigenvalue weighted by atomic mass is 19.1. The summed E-state index contributed by atoms with van der Waals surface area (Å²) >= 11 is 0. The van der Waals surface area contributed by atoms with Crippen molar-refractivity contribution in [3.63, 3.8) is 0 Å². The highest BCUT2D eigenvalue weighted by Gasteiger charge is 2.15. The maximum absolute atomic E-state index is 13.5. The van der Waals surface area contributed by atoms with Crippen LogP contribution in [-0.2, 0) is 6.42 Å². The monoisotopic (exact) mass is 331 g/mol. The highest BCUT2D eigenvalue weighted by Crippen LogP contribution is 2.32. The van der Waals surface area contributed by atoms with E-state index in [0.717, 1.165) is 23.5 Å². The Hall–Kier alpha value is -1.97. The molecule has 4 heteroatoms. The zero-order chi connectivity index (χ0) is 16.8. The average Bonchev–Trinajstić information content (AvgIpc) is 3.12. The Labute approximate surface area is 141 Å². The van der Waals surface area contributed by atoms with Crippen molar-refractivity contribution in [2.24, 2.45) is 5.92 Å². The smallest absolute Gasteiger partial charge is 0.130 e. The molecule has 0 N–H and O–H groups in total. The highest BCUT2D eigenvalue weighted by molar-refractivity contribution is 5.70. The van der Waals surface area contributed by atoms with Crippen LogP contribution in [0, 0.1) is 11.7 Å². The van der Waals surface area contributed by atoms with E-state index in [1.807, 2.05) is 6.20 Å². The van der Waals surface area contributed by atoms with E-state index in [4.69, 9.17) is 4.74 Å². The average molecular weight is 331 g/mol. The van der Waals surface area contributed by atoms with Crippen molar-refractivity contribution >= 4 is 0 Å². The number of aromatic nitrogens is 1. The first-order valence-corrected chi connectivity index (χ1v) is 8.69. The van der Waals surface area contributed by atoms with Gasteiger partial charge < -0.3 is 4.74 Å². The van der Waals surface area contributed by atoms with Crippen LogP contribution in [0.3, 0.4) is 0 Å². The van der Waals surface area contributed by atoms with E-state index in [-0.39, 0.29) is 6.61 Å². The lowest BCUT2D eigenvalue weighted by atomic mass is 9.97. The van der Waals surface area contributed by atoms with Crippen molar-refractivity contribution in [2.75, 3.05) is 13.3 Å². The molecule has 0 bridgehead atoms. The van der Waals surface area contributed by atoms with E-state index >= 15 is 0 Å². The maximum Gasteiger partial charge on any atom is 0.130 e. The molecule has 1 aromatic heterocycles. The Morgan fingerprint density at radius 2 is 1.96 bits per heavy atom. The van der Waals surface area contributed by atoms with Gasteiger partial charge in [-0.15, -0.1) is 0 Å². The molecule has 1 aliphatic rings. The van der Waals surface area contributed by atoms with Gasteiger partial charge in [0.2, 0.25) is 0 Å². The minimum absolute atomic E-state index is 0.0781. The van der Waals surface area contributed by atoms with Crippen LogP contribution in [0.2, 0.25) is 0 Å². The van der Waals surface area contributed by atoms with Gasteiger partial charge in [0, 0.05) is 29.6 Å². The number of halogens is 2. The van der Waals surface area contributed by atoms with Gasteiger partial charge in [-0.1, -0.05) is 25.7 Å². The number of benzene rings is 1. The Kier molecular flexibility index (Phi) is 5.78. The first kappa shape index (κ1) is 16.9. The predicted octanol–water partition coefficient (Wildman–Crippen LogP) is 5.36.